The van der Waals surface area contributed by atoms with Crippen LogP contribution in [0.25, 0.3) is 5.57 Å². The number of ether oxygens (including phenoxy) is 2. The number of hydrogen-bond acceptors (Lipinski definition) is 5. The molecule has 0 bridgehead atoms. The van der Waals surface area contributed by atoms with Gasteiger partial charge in [0.05, 0.1) is 31.2 Å². The maximum atomic E-state index is 13.6. The Kier molecular flexibility index (Phi) is 5.69. The predicted octanol–water partition coefficient (Wildman–Crippen LogP) is 4.72. The van der Waals surface area contributed by atoms with Gasteiger partial charge in [-0.1, -0.05) is 30.3 Å². The molecule has 162 valence electrons. The number of nitrogens with zero attached hydrogens (tertiary/aromatic N) is 1. The highest BCUT2D eigenvalue weighted by Crippen LogP contribution is 2.36. The standard InChI is InChI=1S/C26H24N2O4/c1-16-13-17(2)15-19(14-16)28-25(29)23(18-9-11-20(31-3)12-10-18)24(26(28)30)27-21-7-5-6-8-22(21)32-4/h5-15,27H,1-4H3. The van der Waals surface area contributed by atoms with E-state index in [1.54, 1.807) is 50.6 Å². The average molecular weight is 428 g/mol. The fourth-order valence-electron chi connectivity index (χ4n) is 3.87. The maximum Gasteiger partial charge on any atom is 0.282 e. The number of carbonyl (C=O) groups is 2. The molecule has 6 nitrogen and oxygen atoms in total. The lowest BCUT2D eigenvalue weighted by Crippen LogP contribution is -2.32. The van der Waals surface area contributed by atoms with E-state index in [1.807, 2.05) is 44.2 Å². The van der Waals surface area contributed by atoms with E-state index in [2.05, 4.69) is 5.32 Å². The number of carbonyl (C=O) groups excluding carboxylic acids is 2. The summed E-state index contributed by atoms with van der Waals surface area (Å²) >= 11 is 0. The molecule has 1 N–H and O–H groups in total. The van der Waals surface area contributed by atoms with Crippen LogP contribution >= 0.6 is 0 Å². The Bertz CT molecular complexity index is 1210. The van der Waals surface area contributed by atoms with Crippen molar-refractivity contribution < 1.29 is 19.1 Å². The molecule has 1 heterocycles. The minimum absolute atomic E-state index is 0.198. The molecule has 0 saturated heterocycles. The SMILES string of the molecule is COc1ccc(C2=C(Nc3ccccc3OC)C(=O)N(c3cc(C)cc(C)c3)C2=O)cc1. The molecule has 3 aromatic carbocycles. The van der Waals surface area contributed by atoms with E-state index in [9.17, 15) is 9.59 Å². The molecule has 6 heteroatoms. The molecule has 0 radical (unpaired) electrons. The van der Waals surface area contributed by atoms with Gasteiger partial charge in [0.1, 0.15) is 17.2 Å². The molecule has 0 saturated carbocycles. The van der Waals surface area contributed by atoms with Crippen molar-refractivity contribution in [2.45, 2.75) is 13.8 Å². The Morgan fingerprint density at radius 2 is 1.44 bits per heavy atom. The number of hydrogen-bond donors (Lipinski definition) is 1. The zero-order valence-corrected chi connectivity index (χ0v) is 18.4. The van der Waals surface area contributed by atoms with E-state index in [0.29, 0.717) is 34.0 Å². The number of aryl methyl sites for hydroxylation is 2. The number of benzene rings is 3. The van der Waals surface area contributed by atoms with Crippen LogP contribution in [-0.4, -0.2) is 26.0 Å². The summed E-state index contributed by atoms with van der Waals surface area (Å²) in [6.45, 7) is 3.88. The van der Waals surface area contributed by atoms with Crippen molar-refractivity contribution in [3.05, 3.63) is 89.1 Å². The molecule has 1 aliphatic heterocycles. The second kappa shape index (κ2) is 8.59. The fourth-order valence-corrected chi connectivity index (χ4v) is 3.87. The van der Waals surface area contributed by atoms with Crippen LogP contribution in [0.3, 0.4) is 0 Å². The van der Waals surface area contributed by atoms with Crippen LogP contribution in [0.2, 0.25) is 0 Å². The van der Waals surface area contributed by atoms with Gasteiger partial charge in [-0.25, -0.2) is 4.90 Å². The van der Waals surface area contributed by atoms with Gasteiger partial charge in [-0.05, 0) is 66.9 Å². The molecule has 0 atom stereocenters. The molecule has 0 aliphatic carbocycles. The van der Waals surface area contributed by atoms with E-state index in [0.717, 1.165) is 11.1 Å². The first-order valence-electron chi connectivity index (χ1n) is 10.2. The summed E-state index contributed by atoms with van der Waals surface area (Å²) in [6.07, 6.45) is 0. The number of rotatable bonds is 6. The zero-order valence-electron chi connectivity index (χ0n) is 18.4. The second-order valence-electron chi connectivity index (χ2n) is 7.60. The summed E-state index contributed by atoms with van der Waals surface area (Å²) in [5.41, 5.74) is 4.19. The Morgan fingerprint density at radius 1 is 0.781 bits per heavy atom. The van der Waals surface area contributed by atoms with Gasteiger partial charge >= 0.3 is 0 Å². The van der Waals surface area contributed by atoms with Gasteiger partial charge < -0.3 is 14.8 Å². The third-order valence-corrected chi connectivity index (χ3v) is 5.29. The largest absolute Gasteiger partial charge is 0.497 e. The second-order valence-corrected chi connectivity index (χ2v) is 7.60. The number of anilines is 2. The van der Waals surface area contributed by atoms with Gasteiger partial charge in [-0.3, -0.25) is 9.59 Å². The predicted molar refractivity (Wildman–Crippen MR) is 125 cm³/mol. The Morgan fingerprint density at radius 3 is 2.06 bits per heavy atom. The highest BCUT2D eigenvalue weighted by Gasteiger charge is 2.40. The third-order valence-electron chi connectivity index (χ3n) is 5.29. The first-order valence-corrected chi connectivity index (χ1v) is 10.2. The quantitative estimate of drug-likeness (QED) is 0.576. The van der Waals surface area contributed by atoms with Gasteiger partial charge in [0.25, 0.3) is 11.8 Å². The molecule has 4 rings (SSSR count). The van der Waals surface area contributed by atoms with E-state index in [4.69, 9.17) is 9.47 Å². The van der Waals surface area contributed by atoms with Gasteiger partial charge in [0.15, 0.2) is 0 Å². The monoisotopic (exact) mass is 428 g/mol. The lowest BCUT2D eigenvalue weighted by Gasteiger charge is -2.17. The lowest BCUT2D eigenvalue weighted by molar-refractivity contribution is -0.120. The topological polar surface area (TPSA) is 67.9 Å². The summed E-state index contributed by atoms with van der Waals surface area (Å²) in [5.74, 6) is 0.426. The summed E-state index contributed by atoms with van der Waals surface area (Å²) < 4.78 is 10.7. The molecule has 32 heavy (non-hydrogen) atoms. The van der Waals surface area contributed by atoms with Crippen molar-refractivity contribution in [2.24, 2.45) is 0 Å². The van der Waals surface area contributed by atoms with Crippen LogP contribution in [0.1, 0.15) is 16.7 Å². The van der Waals surface area contributed by atoms with E-state index >= 15 is 0 Å². The summed E-state index contributed by atoms with van der Waals surface area (Å²) in [4.78, 5) is 28.4. The van der Waals surface area contributed by atoms with Crippen LogP contribution < -0.4 is 19.7 Å². The molecular weight excluding hydrogens is 404 g/mol. The van der Waals surface area contributed by atoms with Crippen molar-refractivity contribution >= 4 is 28.8 Å². The van der Waals surface area contributed by atoms with E-state index < -0.39 is 5.91 Å². The third kappa shape index (κ3) is 3.83. The minimum atomic E-state index is -0.420. The van der Waals surface area contributed by atoms with Crippen molar-refractivity contribution in [1.29, 1.82) is 0 Å². The Balaban J connectivity index is 1.85. The number of methoxy groups -OCH3 is 2. The molecule has 1 aliphatic rings. The molecule has 0 unspecified atom stereocenters. The van der Waals surface area contributed by atoms with Crippen LogP contribution in [0.5, 0.6) is 11.5 Å². The van der Waals surface area contributed by atoms with Crippen molar-refractivity contribution in [1.82, 2.24) is 0 Å². The van der Waals surface area contributed by atoms with E-state index in [1.165, 1.54) is 4.90 Å². The Hall–Kier alpha value is -4.06. The molecule has 3 aromatic rings. The van der Waals surface area contributed by atoms with E-state index in [-0.39, 0.29) is 11.6 Å². The zero-order chi connectivity index (χ0) is 22.8. The Labute approximate surface area is 187 Å². The molecule has 0 fully saturated rings. The number of imide groups is 1. The lowest BCUT2D eigenvalue weighted by atomic mass is 10.0. The highest BCUT2D eigenvalue weighted by atomic mass is 16.5. The first kappa shape index (κ1) is 21.2. The van der Waals surface area contributed by atoms with Crippen molar-refractivity contribution in [3.8, 4) is 11.5 Å². The van der Waals surface area contributed by atoms with Gasteiger partial charge in [-0.2, -0.15) is 0 Å². The van der Waals surface area contributed by atoms with Crippen molar-refractivity contribution in [2.75, 3.05) is 24.4 Å². The molecule has 2 amide bonds. The number of nitrogens with one attached hydrogen (secondary N) is 1. The van der Waals surface area contributed by atoms with Crippen LogP contribution in [0.4, 0.5) is 11.4 Å². The molecule has 0 spiro atoms. The number of para-hydroxylation sites is 2. The van der Waals surface area contributed by atoms with Crippen LogP contribution in [0.15, 0.2) is 72.4 Å². The molecule has 0 aromatic heterocycles. The van der Waals surface area contributed by atoms with Gasteiger partial charge in [0, 0.05) is 0 Å². The first-order chi connectivity index (χ1) is 15.4. The summed E-state index contributed by atoms with van der Waals surface area (Å²) in [6, 6.07) is 20.0. The summed E-state index contributed by atoms with van der Waals surface area (Å²) in [5, 5.41) is 3.16. The maximum absolute atomic E-state index is 13.6. The molecular formula is C26H24N2O4. The normalized spacial score (nSPS) is 13.6. The smallest absolute Gasteiger partial charge is 0.282 e. The minimum Gasteiger partial charge on any atom is -0.497 e. The fraction of sp³-hybridized carbons (Fsp3) is 0.154. The van der Waals surface area contributed by atoms with Crippen LogP contribution in [0, 0.1) is 13.8 Å². The van der Waals surface area contributed by atoms with Crippen LogP contribution in [-0.2, 0) is 9.59 Å². The number of amides is 2. The van der Waals surface area contributed by atoms with Gasteiger partial charge in [-0.15, -0.1) is 0 Å². The van der Waals surface area contributed by atoms with Crippen molar-refractivity contribution in [3.63, 3.8) is 0 Å². The van der Waals surface area contributed by atoms with Gasteiger partial charge in [0.2, 0.25) is 0 Å². The average Bonchev–Trinajstić information content (AvgIpc) is 3.03. The highest BCUT2D eigenvalue weighted by molar-refractivity contribution is 6.46. The summed E-state index contributed by atoms with van der Waals surface area (Å²) in [7, 11) is 3.14.